The van der Waals surface area contributed by atoms with Crippen molar-refractivity contribution in [3.8, 4) is 0 Å². The van der Waals surface area contributed by atoms with Gasteiger partial charge in [-0.2, -0.15) is 0 Å². The van der Waals surface area contributed by atoms with Crippen molar-refractivity contribution >= 4 is 0 Å². The fourth-order valence-corrected chi connectivity index (χ4v) is 1.99. The Bertz CT molecular complexity index is 266. The van der Waals surface area contributed by atoms with Crippen molar-refractivity contribution in [2.75, 3.05) is 26.7 Å². The molecule has 0 aromatic carbocycles. The summed E-state index contributed by atoms with van der Waals surface area (Å²) in [6.07, 6.45) is 4.39. The van der Waals surface area contributed by atoms with Gasteiger partial charge >= 0.3 is 0 Å². The zero-order chi connectivity index (χ0) is 11.3. The van der Waals surface area contributed by atoms with Crippen LogP contribution in [0.5, 0.6) is 0 Å². The Labute approximate surface area is 93.6 Å². The molecule has 0 unspecified atom stereocenters. The van der Waals surface area contributed by atoms with E-state index >= 15 is 0 Å². The molecule has 0 spiro atoms. The first-order valence-electron chi connectivity index (χ1n) is 5.88. The molecule has 86 valence electrons. The fourth-order valence-electron chi connectivity index (χ4n) is 1.99. The van der Waals surface area contributed by atoms with Gasteiger partial charge in [0.25, 0.3) is 0 Å². The highest BCUT2D eigenvalue weighted by atomic mass is 16.5. The van der Waals surface area contributed by atoms with Crippen LogP contribution in [0.2, 0.25) is 0 Å². The molecule has 0 amide bonds. The fraction of sp³-hybridized carbons (Fsp3) is 0.692. The molecule has 1 aliphatic rings. The molecule has 0 radical (unpaired) electrons. The van der Waals surface area contributed by atoms with Crippen molar-refractivity contribution in [1.82, 2.24) is 4.90 Å². The van der Waals surface area contributed by atoms with Gasteiger partial charge in [0.05, 0.1) is 7.11 Å². The summed E-state index contributed by atoms with van der Waals surface area (Å²) < 4.78 is 5.47. The molecule has 2 heteroatoms. The molecule has 0 atom stereocenters. The number of ether oxygens (including phenoxy) is 1. The largest absolute Gasteiger partial charge is 0.497 e. The molecule has 0 bridgehead atoms. The van der Waals surface area contributed by atoms with Gasteiger partial charge < -0.3 is 4.74 Å². The monoisotopic (exact) mass is 209 g/mol. The van der Waals surface area contributed by atoms with Crippen LogP contribution in [0.25, 0.3) is 0 Å². The summed E-state index contributed by atoms with van der Waals surface area (Å²) in [6, 6.07) is 0. The highest BCUT2D eigenvalue weighted by Gasteiger charge is 2.18. The number of hydrogen-bond donors (Lipinski definition) is 0. The van der Waals surface area contributed by atoms with Crippen LogP contribution in [-0.2, 0) is 4.74 Å². The normalized spacial score (nSPS) is 19.6. The Morgan fingerprint density at radius 2 is 2.20 bits per heavy atom. The second-order valence-electron chi connectivity index (χ2n) is 4.06. The van der Waals surface area contributed by atoms with E-state index in [1.165, 1.54) is 24.1 Å². The summed E-state index contributed by atoms with van der Waals surface area (Å²) in [5.74, 6) is 1.08. The van der Waals surface area contributed by atoms with Crippen LogP contribution < -0.4 is 0 Å². The van der Waals surface area contributed by atoms with Crippen LogP contribution in [0.1, 0.15) is 33.6 Å². The summed E-state index contributed by atoms with van der Waals surface area (Å²) in [4.78, 5) is 2.46. The quantitative estimate of drug-likeness (QED) is 0.660. The third-order valence-corrected chi connectivity index (χ3v) is 3.05. The average Bonchev–Trinajstić information content (AvgIpc) is 2.27. The topological polar surface area (TPSA) is 12.5 Å². The van der Waals surface area contributed by atoms with Gasteiger partial charge in [-0.15, -0.1) is 0 Å². The summed E-state index contributed by atoms with van der Waals surface area (Å²) >= 11 is 0. The average molecular weight is 209 g/mol. The van der Waals surface area contributed by atoms with E-state index in [2.05, 4.69) is 31.7 Å². The van der Waals surface area contributed by atoms with Gasteiger partial charge in [0.2, 0.25) is 0 Å². The van der Waals surface area contributed by atoms with Gasteiger partial charge in [-0.05, 0) is 32.4 Å². The summed E-state index contributed by atoms with van der Waals surface area (Å²) in [7, 11) is 1.77. The predicted molar refractivity (Wildman–Crippen MR) is 64.8 cm³/mol. The second kappa shape index (κ2) is 5.96. The molecule has 1 rings (SSSR count). The van der Waals surface area contributed by atoms with E-state index < -0.39 is 0 Å². The predicted octanol–water partition coefficient (Wildman–Crippen LogP) is 2.97. The van der Waals surface area contributed by atoms with E-state index in [1.54, 1.807) is 7.11 Å². The van der Waals surface area contributed by atoms with Crippen LogP contribution >= 0.6 is 0 Å². The Hall–Kier alpha value is -0.760. The highest BCUT2D eigenvalue weighted by Crippen LogP contribution is 2.24. The zero-order valence-electron chi connectivity index (χ0n) is 10.5. The molecule has 0 aliphatic carbocycles. The van der Waals surface area contributed by atoms with Gasteiger partial charge in [0.1, 0.15) is 5.76 Å². The van der Waals surface area contributed by atoms with Gasteiger partial charge in [-0.1, -0.05) is 19.4 Å². The molecule has 15 heavy (non-hydrogen) atoms. The number of methoxy groups -OCH3 is 1. The Balaban J connectivity index is 2.85. The maximum absolute atomic E-state index is 5.47. The molecule has 2 nitrogen and oxygen atoms in total. The van der Waals surface area contributed by atoms with E-state index in [0.29, 0.717) is 0 Å². The number of hydrogen-bond acceptors (Lipinski definition) is 2. The summed E-state index contributed by atoms with van der Waals surface area (Å²) in [5.41, 5.74) is 2.88. The lowest BCUT2D eigenvalue weighted by molar-refractivity contribution is 0.261. The maximum Gasteiger partial charge on any atom is 0.119 e. The molecule has 0 aromatic heterocycles. The number of allylic oxidation sites excluding steroid dienone is 1. The first-order valence-corrected chi connectivity index (χ1v) is 5.88. The second-order valence-corrected chi connectivity index (χ2v) is 4.06. The summed E-state index contributed by atoms with van der Waals surface area (Å²) in [5, 5.41) is 0. The van der Waals surface area contributed by atoms with Crippen LogP contribution in [0.3, 0.4) is 0 Å². The minimum atomic E-state index is 1.03. The first kappa shape index (κ1) is 12.3. The molecule has 0 fully saturated rings. The first-order chi connectivity index (χ1) is 7.22. The molecule has 0 saturated carbocycles. The Kier molecular flexibility index (Phi) is 4.89. The van der Waals surface area contributed by atoms with Gasteiger partial charge in [0, 0.05) is 18.7 Å². The molecule has 1 heterocycles. The molecule has 0 saturated heterocycles. The SMILES string of the molecule is CC/C=C(\OC)C1=C(C)CCN(CC)C1. The van der Waals surface area contributed by atoms with E-state index in [1.807, 2.05) is 0 Å². The third-order valence-electron chi connectivity index (χ3n) is 3.05. The Morgan fingerprint density at radius 1 is 1.47 bits per heavy atom. The smallest absolute Gasteiger partial charge is 0.119 e. The van der Waals surface area contributed by atoms with Gasteiger partial charge in [-0.3, -0.25) is 4.90 Å². The number of rotatable bonds is 4. The zero-order valence-corrected chi connectivity index (χ0v) is 10.5. The van der Waals surface area contributed by atoms with Gasteiger partial charge in [0.15, 0.2) is 0 Å². The van der Waals surface area contributed by atoms with Crippen LogP contribution in [0.15, 0.2) is 23.0 Å². The number of nitrogens with zero attached hydrogens (tertiary/aromatic N) is 1. The van der Waals surface area contributed by atoms with Crippen molar-refractivity contribution in [3.05, 3.63) is 23.0 Å². The minimum absolute atomic E-state index is 1.03. The van der Waals surface area contributed by atoms with Crippen molar-refractivity contribution in [2.24, 2.45) is 0 Å². The van der Waals surface area contributed by atoms with Crippen molar-refractivity contribution in [2.45, 2.75) is 33.6 Å². The molecule has 0 aromatic rings. The lowest BCUT2D eigenvalue weighted by atomic mass is 9.99. The van der Waals surface area contributed by atoms with Crippen LogP contribution in [0.4, 0.5) is 0 Å². The lowest BCUT2D eigenvalue weighted by Crippen LogP contribution is -2.31. The van der Waals surface area contributed by atoms with Crippen LogP contribution in [-0.4, -0.2) is 31.6 Å². The minimum Gasteiger partial charge on any atom is -0.497 e. The molecular formula is C13H23NO. The lowest BCUT2D eigenvalue weighted by Gasteiger charge is -2.29. The molecule has 0 N–H and O–H groups in total. The molecule has 1 aliphatic heterocycles. The highest BCUT2D eigenvalue weighted by molar-refractivity contribution is 5.33. The van der Waals surface area contributed by atoms with E-state index in [0.717, 1.165) is 25.3 Å². The molecular weight excluding hydrogens is 186 g/mol. The van der Waals surface area contributed by atoms with E-state index in [9.17, 15) is 0 Å². The third kappa shape index (κ3) is 3.10. The maximum atomic E-state index is 5.47. The van der Waals surface area contributed by atoms with Crippen molar-refractivity contribution in [3.63, 3.8) is 0 Å². The van der Waals surface area contributed by atoms with E-state index in [-0.39, 0.29) is 0 Å². The Morgan fingerprint density at radius 3 is 2.73 bits per heavy atom. The van der Waals surface area contributed by atoms with Gasteiger partial charge in [-0.25, -0.2) is 0 Å². The van der Waals surface area contributed by atoms with Crippen molar-refractivity contribution < 1.29 is 4.74 Å². The van der Waals surface area contributed by atoms with Crippen LogP contribution in [0, 0.1) is 0 Å². The van der Waals surface area contributed by atoms with Crippen molar-refractivity contribution in [1.29, 1.82) is 0 Å². The number of likely N-dealkylation sites (N-methyl/N-ethyl adjacent to an activating group) is 1. The summed E-state index contributed by atoms with van der Waals surface area (Å²) in [6.45, 7) is 9.95. The standard InChI is InChI=1S/C13H23NO/c1-5-7-13(15-4)12-10-14(6-2)9-8-11(12)3/h7H,5-6,8-10H2,1-4H3/b13-7-. The van der Waals surface area contributed by atoms with E-state index in [4.69, 9.17) is 4.74 Å².